The lowest BCUT2D eigenvalue weighted by Gasteiger charge is -2.34. The number of ether oxygens (including phenoxy) is 1. The summed E-state index contributed by atoms with van der Waals surface area (Å²) in [6.07, 6.45) is -0.161. The smallest absolute Gasteiger partial charge is 0.245 e. The lowest BCUT2D eigenvalue weighted by Crippen LogP contribution is -2.56. The summed E-state index contributed by atoms with van der Waals surface area (Å²) in [5.41, 5.74) is 0. The molecule has 1 atom stereocenters. The number of carbonyl (C=O) groups excluding carboxylic acids is 3. The monoisotopic (exact) mass is 256 g/mol. The minimum atomic E-state index is -0.631. The van der Waals surface area contributed by atoms with Crippen molar-refractivity contribution in [1.82, 2.24) is 10.2 Å². The van der Waals surface area contributed by atoms with Crippen molar-refractivity contribution in [3.63, 3.8) is 0 Å². The first-order valence-corrected chi connectivity index (χ1v) is 6.09. The molecule has 1 heterocycles. The van der Waals surface area contributed by atoms with Crippen LogP contribution in [0.2, 0.25) is 0 Å². The fourth-order valence-electron chi connectivity index (χ4n) is 1.81. The predicted molar refractivity (Wildman–Crippen MR) is 64.9 cm³/mol. The van der Waals surface area contributed by atoms with Crippen LogP contribution in [0.25, 0.3) is 0 Å². The predicted octanol–water partition coefficient (Wildman–Crippen LogP) is -0.282. The van der Waals surface area contributed by atoms with E-state index >= 15 is 0 Å². The van der Waals surface area contributed by atoms with E-state index in [4.69, 9.17) is 4.74 Å². The van der Waals surface area contributed by atoms with Gasteiger partial charge in [0.2, 0.25) is 11.8 Å². The molecule has 6 heteroatoms. The van der Waals surface area contributed by atoms with Crippen LogP contribution < -0.4 is 5.32 Å². The second-order valence-electron chi connectivity index (χ2n) is 4.72. The van der Waals surface area contributed by atoms with Crippen LogP contribution in [-0.4, -0.2) is 54.3 Å². The average Bonchev–Trinajstić information content (AvgIpc) is 2.27. The van der Waals surface area contributed by atoms with Crippen molar-refractivity contribution >= 4 is 17.6 Å². The van der Waals surface area contributed by atoms with Crippen LogP contribution in [0.4, 0.5) is 0 Å². The third kappa shape index (κ3) is 4.10. The highest BCUT2D eigenvalue weighted by Crippen LogP contribution is 2.09. The van der Waals surface area contributed by atoms with Gasteiger partial charge in [0, 0.05) is 12.6 Å². The zero-order valence-corrected chi connectivity index (χ0v) is 11.1. The molecular formula is C12H20N2O4. The Labute approximate surface area is 107 Å². The van der Waals surface area contributed by atoms with E-state index in [2.05, 4.69) is 5.32 Å². The summed E-state index contributed by atoms with van der Waals surface area (Å²) in [6, 6.07) is -0.628. The Bertz CT molecular complexity index is 341. The maximum Gasteiger partial charge on any atom is 0.245 e. The van der Waals surface area contributed by atoms with E-state index in [0.29, 0.717) is 13.2 Å². The van der Waals surface area contributed by atoms with Gasteiger partial charge in [-0.3, -0.25) is 14.4 Å². The molecule has 1 unspecified atom stereocenters. The van der Waals surface area contributed by atoms with E-state index in [1.54, 1.807) is 0 Å². The molecule has 2 amide bonds. The number of ketones is 1. The zero-order valence-electron chi connectivity index (χ0n) is 11.1. The topological polar surface area (TPSA) is 75.7 Å². The zero-order chi connectivity index (χ0) is 13.7. The van der Waals surface area contributed by atoms with Crippen molar-refractivity contribution in [2.75, 3.05) is 19.8 Å². The van der Waals surface area contributed by atoms with Gasteiger partial charge in [0.1, 0.15) is 11.8 Å². The third-order valence-corrected chi connectivity index (χ3v) is 2.58. The summed E-state index contributed by atoms with van der Waals surface area (Å²) in [7, 11) is 0. The minimum absolute atomic E-state index is 0.00388. The van der Waals surface area contributed by atoms with Gasteiger partial charge in [0.05, 0.1) is 19.6 Å². The van der Waals surface area contributed by atoms with Crippen molar-refractivity contribution < 1.29 is 19.1 Å². The summed E-state index contributed by atoms with van der Waals surface area (Å²) >= 11 is 0. The Morgan fingerprint density at radius 1 is 1.39 bits per heavy atom. The largest absolute Gasteiger partial charge is 0.377 e. The number of morpholine rings is 1. The third-order valence-electron chi connectivity index (χ3n) is 2.58. The number of hydrogen-bond acceptors (Lipinski definition) is 4. The van der Waals surface area contributed by atoms with Gasteiger partial charge in [-0.25, -0.2) is 0 Å². The molecule has 18 heavy (non-hydrogen) atoms. The number of carbonyl (C=O) groups is 3. The van der Waals surface area contributed by atoms with Gasteiger partial charge in [-0.1, -0.05) is 0 Å². The van der Waals surface area contributed by atoms with Gasteiger partial charge in [0.25, 0.3) is 0 Å². The molecule has 1 fully saturated rings. The highest BCUT2D eigenvalue weighted by Gasteiger charge is 2.33. The Morgan fingerprint density at radius 3 is 2.61 bits per heavy atom. The lowest BCUT2D eigenvalue weighted by atomic mass is 10.1. The molecule has 1 saturated heterocycles. The number of hydrogen-bond donors (Lipinski definition) is 1. The Kier molecular flexibility index (Phi) is 5.27. The molecule has 0 spiro atoms. The summed E-state index contributed by atoms with van der Waals surface area (Å²) in [5, 5.41) is 2.75. The minimum Gasteiger partial charge on any atom is -0.377 e. The molecule has 102 valence electrons. The number of amides is 2. The molecule has 1 N–H and O–H groups in total. The molecule has 0 aromatic carbocycles. The highest BCUT2D eigenvalue weighted by molar-refractivity contribution is 5.98. The fraction of sp³-hybridized carbons (Fsp3) is 0.750. The summed E-state index contributed by atoms with van der Waals surface area (Å²) in [6.45, 7) is 5.99. The van der Waals surface area contributed by atoms with E-state index < -0.39 is 6.04 Å². The standard InChI is InChI=1S/C12H20N2O4/c1-8(2)13-12(17)10-7-18-5-4-14(10)11(16)6-9(3)15/h8,10H,4-7H2,1-3H3,(H,13,17). The first-order valence-electron chi connectivity index (χ1n) is 6.09. The van der Waals surface area contributed by atoms with Crippen molar-refractivity contribution in [3.8, 4) is 0 Å². The van der Waals surface area contributed by atoms with Crippen LogP contribution in [-0.2, 0) is 19.1 Å². The van der Waals surface area contributed by atoms with E-state index in [0.717, 1.165) is 0 Å². The maximum atomic E-state index is 11.9. The average molecular weight is 256 g/mol. The van der Waals surface area contributed by atoms with Crippen LogP contribution in [0.1, 0.15) is 27.2 Å². The van der Waals surface area contributed by atoms with Gasteiger partial charge >= 0.3 is 0 Å². The van der Waals surface area contributed by atoms with Gasteiger partial charge in [-0.2, -0.15) is 0 Å². The van der Waals surface area contributed by atoms with Crippen molar-refractivity contribution in [3.05, 3.63) is 0 Å². The lowest BCUT2D eigenvalue weighted by molar-refractivity contribution is -0.150. The second-order valence-corrected chi connectivity index (χ2v) is 4.72. The molecule has 0 saturated carbocycles. The van der Waals surface area contributed by atoms with Crippen molar-refractivity contribution in [1.29, 1.82) is 0 Å². The summed E-state index contributed by atoms with van der Waals surface area (Å²) in [4.78, 5) is 36.2. The molecule has 0 bridgehead atoms. The van der Waals surface area contributed by atoms with Gasteiger partial charge < -0.3 is 15.0 Å². The molecule has 6 nitrogen and oxygen atoms in total. The number of nitrogens with one attached hydrogen (secondary N) is 1. The Balaban J connectivity index is 2.70. The number of Topliss-reactive ketones (excluding diaryl/α,β-unsaturated/α-hetero) is 1. The molecular weight excluding hydrogens is 236 g/mol. The number of rotatable bonds is 4. The van der Waals surface area contributed by atoms with E-state index in [1.165, 1.54) is 11.8 Å². The Hall–Kier alpha value is -1.43. The van der Waals surface area contributed by atoms with Crippen LogP contribution in [0.3, 0.4) is 0 Å². The van der Waals surface area contributed by atoms with Gasteiger partial charge in [-0.15, -0.1) is 0 Å². The SMILES string of the molecule is CC(=O)CC(=O)N1CCOCC1C(=O)NC(C)C. The molecule has 0 aromatic rings. The summed E-state index contributed by atoms with van der Waals surface area (Å²) < 4.78 is 5.23. The van der Waals surface area contributed by atoms with E-state index in [1.807, 2.05) is 13.8 Å². The Morgan fingerprint density at radius 2 is 2.06 bits per heavy atom. The normalized spacial score (nSPS) is 19.8. The molecule has 0 radical (unpaired) electrons. The van der Waals surface area contributed by atoms with Crippen LogP contribution in [0, 0.1) is 0 Å². The van der Waals surface area contributed by atoms with E-state index in [-0.39, 0.29) is 36.7 Å². The van der Waals surface area contributed by atoms with Gasteiger partial charge in [0.15, 0.2) is 0 Å². The first-order chi connectivity index (χ1) is 8.41. The summed E-state index contributed by atoms with van der Waals surface area (Å²) in [5.74, 6) is -0.745. The molecule has 1 rings (SSSR count). The van der Waals surface area contributed by atoms with Crippen LogP contribution in [0.5, 0.6) is 0 Å². The van der Waals surface area contributed by atoms with Crippen LogP contribution in [0.15, 0.2) is 0 Å². The second kappa shape index (κ2) is 6.49. The first kappa shape index (κ1) is 14.6. The highest BCUT2D eigenvalue weighted by atomic mass is 16.5. The quantitative estimate of drug-likeness (QED) is 0.702. The fourth-order valence-corrected chi connectivity index (χ4v) is 1.81. The number of nitrogens with zero attached hydrogens (tertiary/aromatic N) is 1. The van der Waals surface area contributed by atoms with Crippen molar-refractivity contribution in [2.45, 2.75) is 39.3 Å². The molecule has 0 aromatic heterocycles. The molecule has 1 aliphatic heterocycles. The molecule has 0 aliphatic carbocycles. The maximum absolute atomic E-state index is 11.9. The van der Waals surface area contributed by atoms with Crippen molar-refractivity contribution in [2.24, 2.45) is 0 Å². The van der Waals surface area contributed by atoms with Gasteiger partial charge in [-0.05, 0) is 20.8 Å². The molecule has 1 aliphatic rings. The van der Waals surface area contributed by atoms with Crippen LogP contribution >= 0.6 is 0 Å². The van der Waals surface area contributed by atoms with E-state index in [9.17, 15) is 14.4 Å².